The minimum Gasteiger partial charge on any atom is -0.263 e. The summed E-state index contributed by atoms with van der Waals surface area (Å²) in [6, 6.07) is 10.9. The van der Waals surface area contributed by atoms with Crippen LogP contribution in [0.2, 0.25) is 0 Å². The van der Waals surface area contributed by atoms with Gasteiger partial charge in [-0.25, -0.2) is 10.4 Å². The van der Waals surface area contributed by atoms with Crippen molar-refractivity contribution < 1.29 is 0 Å². The molecule has 1 N–H and O–H groups in total. The van der Waals surface area contributed by atoms with E-state index in [1.807, 2.05) is 0 Å². The topological polar surface area (TPSA) is 27.6 Å². The summed E-state index contributed by atoms with van der Waals surface area (Å²) >= 11 is 0. The Balaban J connectivity index is 1.76. The smallest absolute Gasteiger partial charge is 0.145 e. The molecule has 3 aliphatic rings. The van der Waals surface area contributed by atoms with Crippen LogP contribution in [0.5, 0.6) is 0 Å². The summed E-state index contributed by atoms with van der Waals surface area (Å²) in [7, 11) is 0. The van der Waals surface area contributed by atoms with Crippen LogP contribution in [-0.2, 0) is 0 Å². The molecule has 1 aromatic rings. The molecule has 1 unspecified atom stereocenters. The van der Waals surface area contributed by atoms with Gasteiger partial charge in [-0.3, -0.25) is 5.01 Å². The third kappa shape index (κ3) is 2.32. The number of hydrazine groups is 1. The van der Waals surface area contributed by atoms with E-state index in [4.69, 9.17) is 4.99 Å². The van der Waals surface area contributed by atoms with Gasteiger partial charge in [0.1, 0.15) is 5.82 Å². The van der Waals surface area contributed by atoms with Crippen LogP contribution in [0, 0.1) is 5.92 Å². The highest BCUT2D eigenvalue weighted by atomic mass is 15.6. The van der Waals surface area contributed by atoms with E-state index in [0.29, 0.717) is 12.0 Å². The zero-order chi connectivity index (χ0) is 14.2. The number of hydrogen-bond acceptors (Lipinski definition) is 3. The standard InChI is InChI=1S/C18H21N3/c1-13-11-18-19-16(14-7-3-2-4-8-14)12-17(21(18)20-13)15-9-5-6-10-15/h2-4,7-8,11-13,15,20H,5-6,9-10H2,1H3. The first-order valence-corrected chi connectivity index (χ1v) is 7.95. The predicted octanol–water partition coefficient (Wildman–Crippen LogP) is 3.61. The van der Waals surface area contributed by atoms with Gasteiger partial charge in [-0.05, 0) is 31.9 Å². The lowest BCUT2D eigenvalue weighted by atomic mass is 9.98. The maximum Gasteiger partial charge on any atom is 0.145 e. The Hall–Kier alpha value is -1.87. The van der Waals surface area contributed by atoms with Gasteiger partial charge in [0, 0.05) is 23.2 Å². The van der Waals surface area contributed by atoms with Crippen LogP contribution in [0.25, 0.3) is 0 Å². The van der Waals surface area contributed by atoms with Gasteiger partial charge in [0.2, 0.25) is 0 Å². The van der Waals surface area contributed by atoms with Crippen molar-refractivity contribution in [3.05, 3.63) is 59.6 Å². The SMILES string of the molecule is CC1C=C2N=C(c3ccccc3)C=C(C3CCCC3)N2N1. The molecule has 0 amide bonds. The Morgan fingerprint density at radius 2 is 1.90 bits per heavy atom. The molecule has 2 heterocycles. The molecule has 1 fully saturated rings. The summed E-state index contributed by atoms with van der Waals surface area (Å²) in [5.74, 6) is 1.73. The monoisotopic (exact) mass is 279 g/mol. The van der Waals surface area contributed by atoms with Gasteiger partial charge in [-0.2, -0.15) is 0 Å². The number of nitrogens with one attached hydrogen (secondary N) is 1. The first-order valence-electron chi connectivity index (χ1n) is 7.95. The van der Waals surface area contributed by atoms with Gasteiger partial charge in [0.15, 0.2) is 0 Å². The third-order valence-electron chi connectivity index (χ3n) is 4.58. The summed E-state index contributed by atoms with van der Waals surface area (Å²) < 4.78 is 0. The minimum absolute atomic E-state index is 0.351. The second kappa shape index (κ2) is 5.15. The van der Waals surface area contributed by atoms with E-state index >= 15 is 0 Å². The molecule has 0 radical (unpaired) electrons. The fourth-order valence-corrected chi connectivity index (χ4v) is 3.54. The minimum atomic E-state index is 0.351. The van der Waals surface area contributed by atoms with Crippen LogP contribution in [0.4, 0.5) is 0 Å². The second-order valence-corrected chi connectivity index (χ2v) is 6.19. The van der Waals surface area contributed by atoms with Crippen molar-refractivity contribution in [3.8, 4) is 0 Å². The molecule has 0 aromatic heterocycles. The van der Waals surface area contributed by atoms with Crippen LogP contribution >= 0.6 is 0 Å². The fraction of sp³-hybridized carbons (Fsp3) is 0.389. The van der Waals surface area contributed by atoms with Crippen molar-refractivity contribution in [1.29, 1.82) is 0 Å². The molecular formula is C18H21N3. The number of rotatable bonds is 2. The Bertz CT molecular complexity index is 621. The van der Waals surface area contributed by atoms with Gasteiger partial charge in [-0.1, -0.05) is 43.2 Å². The van der Waals surface area contributed by atoms with Crippen molar-refractivity contribution in [2.45, 2.75) is 38.6 Å². The van der Waals surface area contributed by atoms with E-state index in [1.165, 1.54) is 36.9 Å². The zero-order valence-electron chi connectivity index (χ0n) is 12.4. The summed E-state index contributed by atoms with van der Waals surface area (Å²) in [5.41, 5.74) is 7.22. The number of nitrogens with zero attached hydrogens (tertiary/aromatic N) is 2. The largest absolute Gasteiger partial charge is 0.263 e. The van der Waals surface area contributed by atoms with E-state index in [0.717, 1.165) is 11.5 Å². The molecule has 1 saturated carbocycles. The highest BCUT2D eigenvalue weighted by Gasteiger charge is 2.32. The quantitative estimate of drug-likeness (QED) is 0.895. The summed E-state index contributed by atoms with van der Waals surface area (Å²) in [6.07, 6.45) is 9.80. The number of fused-ring (bicyclic) bond motifs is 1. The van der Waals surface area contributed by atoms with Gasteiger partial charge in [-0.15, -0.1) is 0 Å². The molecule has 21 heavy (non-hydrogen) atoms. The number of benzene rings is 1. The van der Waals surface area contributed by atoms with E-state index in [9.17, 15) is 0 Å². The van der Waals surface area contributed by atoms with Gasteiger partial charge >= 0.3 is 0 Å². The molecule has 2 aliphatic heterocycles. The summed E-state index contributed by atoms with van der Waals surface area (Å²) in [4.78, 5) is 4.85. The molecular weight excluding hydrogens is 258 g/mol. The highest BCUT2D eigenvalue weighted by Crippen LogP contribution is 2.37. The number of allylic oxidation sites excluding steroid dienone is 2. The predicted molar refractivity (Wildman–Crippen MR) is 85.5 cm³/mol. The fourth-order valence-electron chi connectivity index (χ4n) is 3.54. The van der Waals surface area contributed by atoms with Crippen molar-refractivity contribution in [2.24, 2.45) is 10.9 Å². The Morgan fingerprint density at radius 1 is 1.14 bits per heavy atom. The van der Waals surface area contributed by atoms with Crippen LogP contribution in [-0.4, -0.2) is 16.8 Å². The average Bonchev–Trinajstić information content (AvgIpc) is 3.15. The van der Waals surface area contributed by atoms with E-state index in [2.05, 4.69) is 59.8 Å². The van der Waals surface area contributed by atoms with Gasteiger partial charge < -0.3 is 0 Å². The summed E-state index contributed by atoms with van der Waals surface area (Å²) in [5, 5.41) is 2.22. The first-order chi connectivity index (χ1) is 10.3. The van der Waals surface area contributed by atoms with Crippen LogP contribution in [0.1, 0.15) is 38.2 Å². The lowest BCUT2D eigenvalue weighted by molar-refractivity contribution is 0.282. The van der Waals surface area contributed by atoms with Crippen molar-refractivity contribution >= 4 is 5.71 Å². The third-order valence-corrected chi connectivity index (χ3v) is 4.58. The summed E-state index contributed by atoms with van der Waals surface area (Å²) in [6.45, 7) is 2.18. The second-order valence-electron chi connectivity index (χ2n) is 6.19. The van der Waals surface area contributed by atoms with Crippen molar-refractivity contribution in [2.75, 3.05) is 0 Å². The van der Waals surface area contributed by atoms with E-state index < -0.39 is 0 Å². The first kappa shape index (κ1) is 12.8. The maximum absolute atomic E-state index is 4.85. The zero-order valence-corrected chi connectivity index (χ0v) is 12.4. The molecule has 0 saturated heterocycles. The number of hydrogen-bond donors (Lipinski definition) is 1. The van der Waals surface area contributed by atoms with Crippen molar-refractivity contribution in [1.82, 2.24) is 10.4 Å². The van der Waals surface area contributed by atoms with Crippen LogP contribution < -0.4 is 5.43 Å². The van der Waals surface area contributed by atoms with Crippen LogP contribution in [0.3, 0.4) is 0 Å². The highest BCUT2D eigenvalue weighted by molar-refractivity contribution is 6.10. The molecule has 3 heteroatoms. The molecule has 4 rings (SSSR count). The Kier molecular flexibility index (Phi) is 3.15. The lowest BCUT2D eigenvalue weighted by Gasteiger charge is -2.31. The maximum atomic E-state index is 4.85. The van der Waals surface area contributed by atoms with E-state index in [-0.39, 0.29) is 0 Å². The molecule has 1 atom stereocenters. The molecule has 1 aliphatic carbocycles. The van der Waals surface area contributed by atoms with E-state index in [1.54, 1.807) is 0 Å². The van der Waals surface area contributed by atoms with Crippen molar-refractivity contribution in [3.63, 3.8) is 0 Å². The van der Waals surface area contributed by atoms with Gasteiger partial charge in [0.05, 0.1) is 5.71 Å². The normalized spacial score (nSPS) is 25.5. The molecule has 1 aromatic carbocycles. The average molecular weight is 279 g/mol. The molecule has 0 spiro atoms. The molecule has 3 nitrogen and oxygen atoms in total. The lowest BCUT2D eigenvalue weighted by Crippen LogP contribution is -2.38. The Labute approximate surface area is 126 Å². The van der Waals surface area contributed by atoms with Gasteiger partial charge in [0.25, 0.3) is 0 Å². The van der Waals surface area contributed by atoms with Crippen LogP contribution in [0.15, 0.2) is 59.0 Å². The molecule has 108 valence electrons. The number of aliphatic imine (C=N–C) groups is 1. The Morgan fingerprint density at radius 3 is 2.67 bits per heavy atom. The molecule has 0 bridgehead atoms.